The normalized spacial score (nSPS) is 20.6. The van der Waals surface area contributed by atoms with Crippen LogP contribution in [-0.2, 0) is 9.47 Å². The van der Waals surface area contributed by atoms with Crippen LogP contribution in [0.4, 0.5) is 0 Å². The molecule has 0 bridgehead atoms. The number of ether oxygens (including phenoxy) is 2. The van der Waals surface area contributed by atoms with Gasteiger partial charge in [0, 0.05) is 19.7 Å². The molecule has 4 nitrogen and oxygen atoms in total. The molecule has 1 atom stereocenters. The lowest BCUT2D eigenvalue weighted by Crippen LogP contribution is -2.41. The Kier molecular flexibility index (Phi) is 7.77. The van der Waals surface area contributed by atoms with Gasteiger partial charge in [-0.3, -0.25) is 0 Å². The number of nitrogens with zero attached hydrogens (tertiary/aromatic N) is 1. The fourth-order valence-electron chi connectivity index (χ4n) is 2.35. The van der Waals surface area contributed by atoms with E-state index in [-0.39, 0.29) is 0 Å². The zero-order valence-electron chi connectivity index (χ0n) is 11.6. The number of hydrogen-bond acceptors (Lipinski definition) is 4. The maximum atomic E-state index is 5.49. The van der Waals surface area contributed by atoms with Gasteiger partial charge in [-0.2, -0.15) is 0 Å². The van der Waals surface area contributed by atoms with E-state index in [0.29, 0.717) is 19.3 Å². The van der Waals surface area contributed by atoms with Crippen LogP contribution < -0.4 is 5.32 Å². The Morgan fingerprint density at radius 1 is 1.24 bits per heavy atom. The molecule has 1 aliphatic heterocycles. The fraction of sp³-hybridized carbons (Fsp3) is 1.00. The van der Waals surface area contributed by atoms with Crippen LogP contribution in [0.15, 0.2) is 0 Å². The van der Waals surface area contributed by atoms with E-state index in [1.165, 1.54) is 25.9 Å². The third-order valence-corrected chi connectivity index (χ3v) is 3.78. The number of piperidine rings is 1. The van der Waals surface area contributed by atoms with Crippen LogP contribution in [0, 0.1) is 5.92 Å². The molecule has 0 aliphatic carbocycles. The average Bonchev–Trinajstić information content (AvgIpc) is 2.38. The number of nitrogens with one attached hydrogen (secondary N) is 1. The predicted molar refractivity (Wildman–Crippen MR) is 70.4 cm³/mol. The molecule has 1 N–H and O–H groups in total. The SMILES string of the molecule is CNC(C)C1CCN(CCOCCOC)CC1. The number of hydrogen-bond donors (Lipinski definition) is 1. The zero-order valence-corrected chi connectivity index (χ0v) is 11.6. The molecule has 0 spiro atoms. The van der Waals surface area contributed by atoms with Gasteiger partial charge in [-0.25, -0.2) is 0 Å². The van der Waals surface area contributed by atoms with Gasteiger partial charge >= 0.3 is 0 Å². The summed E-state index contributed by atoms with van der Waals surface area (Å²) >= 11 is 0. The van der Waals surface area contributed by atoms with E-state index < -0.39 is 0 Å². The first-order chi connectivity index (χ1) is 8.27. The van der Waals surface area contributed by atoms with Crippen molar-refractivity contribution in [3.63, 3.8) is 0 Å². The Bertz CT molecular complexity index is 182. The molecule has 1 fully saturated rings. The minimum Gasteiger partial charge on any atom is -0.382 e. The van der Waals surface area contributed by atoms with Crippen molar-refractivity contribution in [1.82, 2.24) is 10.2 Å². The maximum Gasteiger partial charge on any atom is 0.0700 e. The molecule has 0 radical (unpaired) electrons. The molecule has 0 aromatic carbocycles. The van der Waals surface area contributed by atoms with E-state index in [1.54, 1.807) is 7.11 Å². The lowest BCUT2D eigenvalue weighted by molar-refractivity contribution is 0.0497. The monoisotopic (exact) mass is 244 g/mol. The molecule has 1 heterocycles. The zero-order chi connectivity index (χ0) is 12.5. The Morgan fingerprint density at radius 3 is 2.53 bits per heavy atom. The standard InChI is InChI=1S/C13H28N2O2/c1-12(14-2)13-4-6-15(7-5-13)8-9-17-11-10-16-3/h12-14H,4-11H2,1-3H3. The van der Waals surface area contributed by atoms with Gasteiger partial charge in [0.05, 0.1) is 19.8 Å². The van der Waals surface area contributed by atoms with Gasteiger partial charge in [0.25, 0.3) is 0 Å². The fourth-order valence-corrected chi connectivity index (χ4v) is 2.35. The molecule has 1 saturated heterocycles. The summed E-state index contributed by atoms with van der Waals surface area (Å²) in [6.45, 7) is 8.01. The lowest BCUT2D eigenvalue weighted by Gasteiger charge is -2.34. The van der Waals surface area contributed by atoms with Crippen molar-refractivity contribution in [2.75, 3.05) is 53.6 Å². The molecule has 102 valence electrons. The summed E-state index contributed by atoms with van der Waals surface area (Å²) in [5.74, 6) is 0.839. The average molecular weight is 244 g/mol. The summed E-state index contributed by atoms with van der Waals surface area (Å²) < 4.78 is 10.4. The van der Waals surface area contributed by atoms with Gasteiger partial charge in [0.1, 0.15) is 0 Å². The molecule has 1 rings (SSSR count). The lowest BCUT2D eigenvalue weighted by atomic mass is 9.90. The Balaban J connectivity index is 2.03. The highest BCUT2D eigenvalue weighted by atomic mass is 16.5. The number of methoxy groups -OCH3 is 1. The van der Waals surface area contributed by atoms with Crippen LogP contribution >= 0.6 is 0 Å². The highest BCUT2D eigenvalue weighted by Crippen LogP contribution is 2.19. The summed E-state index contributed by atoms with van der Waals surface area (Å²) in [6, 6.07) is 0.648. The molecule has 0 aromatic rings. The Labute approximate surface area is 106 Å². The van der Waals surface area contributed by atoms with Crippen molar-refractivity contribution in [3.8, 4) is 0 Å². The van der Waals surface area contributed by atoms with Crippen LogP contribution in [-0.4, -0.2) is 64.6 Å². The first-order valence-electron chi connectivity index (χ1n) is 6.74. The van der Waals surface area contributed by atoms with E-state index in [9.17, 15) is 0 Å². The second-order valence-electron chi connectivity index (χ2n) is 4.86. The van der Waals surface area contributed by atoms with E-state index in [0.717, 1.165) is 19.1 Å². The Hall–Kier alpha value is -0.160. The molecule has 1 unspecified atom stereocenters. The van der Waals surface area contributed by atoms with Gasteiger partial charge in [-0.15, -0.1) is 0 Å². The van der Waals surface area contributed by atoms with Crippen molar-refractivity contribution in [2.24, 2.45) is 5.92 Å². The molecule has 0 aromatic heterocycles. The van der Waals surface area contributed by atoms with Crippen molar-refractivity contribution in [1.29, 1.82) is 0 Å². The maximum absolute atomic E-state index is 5.49. The van der Waals surface area contributed by atoms with Crippen LogP contribution in [0.3, 0.4) is 0 Å². The highest BCUT2D eigenvalue weighted by Gasteiger charge is 2.22. The van der Waals surface area contributed by atoms with Gasteiger partial charge in [-0.05, 0) is 45.8 Å². The van der Waals surface area contributed by atoms with Crippen LogP contribution in [0.25, 0.3) is 0 Å². The summed E-state index contributed by atoms with van der Waals surface area (Å²) in [5.41, 5.74) is 0. The topological polar surface area (TPSA) is 33.7 Å². The smallest absolute Gasteiger partial charge is 0.0700 e. The Morgan fingerprint density at radius 2 is 1.94 bits per heavy atom. The summed E-state index contributed by atoms with van der Waals surface area (Å²) in [5, 5.41) is 3.36. The second kappa shape index (κ2) is 8.86. The van der Waals surface area contributed by atoms with Gasteiger partial charge in [0.2, 0.25) is 0 Å². The molecule has 0 amide bonds. The summed E-state index contributed by atoms with van der Waals surface area (Å²) in [7, 11) is 3.76. The van der Waals surface area contributed by atoms with E-state index in [2.05, 4.69) is 24.2 Å². The summed E-state index contributed by atoms with van der Waals surface area (Å²) in [4.78, 5) is 2.51. The van der Waals surface area contributed by atoms with Crippen molar-refractivity contribution in [3.05, 3.63) is 0 Å². The predicted octanol–water partition coefficient (Wildman–Crippen LogP) is 0.969. The first-order valence-corrected chi connectivity index (χ1v) is 6.74. The first kappa shape index (κ1) is 14.9. The van der Waals surface area contributed by atoms with Crippen molar-refractivity contribution < 1.29 is 9.47 Å². The molecule has 0 saturated carbocycles. The quantitative estimate of drug-likeness (QED) is 0.645. The molecular weight excluding hydrogens is 216 g/mol. The van der Waals surface area contributed by atoms with Crippen LogP contribution in [0.5, 0.6) is 0 Å². The minimum atomic E-state index is 0.648. The van der Waals surface area contributed by atoms with E-state index >= 15 is 0 Å². The molecule has 1 aliphatic rings. The number of rotatable bonds is 8. The minimum absolute atomic E-state index is 0.648. The van der Waals surface area contributed by atoms with Gasteiger partial charge in [-0.1, -0.05) is 0 Å². The number of likely N-dealkylation sites (tertiary alicyclic amines) is 1. The highest BCUT2D eigenvalue weighted by molar-refractivity contribution is 4.78. The molecular formula is C13H28N2O2. The van der Waals surface area contributed by atoms with Gasteiger partial charge < -0.3 is 19.7 Å². The molecule has 4 heteroatoms. The second-order valence-corrected chi connectivity index (χ2v) is 4.86. The largest absolute Gasteiger partial charge is 0.382 e. The molecule has 17 heavy (non-hydrogen) atoms. The van der Waals surface area contributed by atoms with Crippen LogP contribution in [0.2, 0.25) is 0 Å². The van der Waals surface area contributed by atoms with E-state index in [4.69, 9.17) is 9.47 Å². The van der Waals surface area contributed by atoms with Crippen molar-refractivity contribution in [2.45, 2.75) is 25.8 Å². The van der Waals surface area contributed by atoms with Gasteiger partial charge in [0.15, 0.2) is 0 Å². The van der Waals surface area contributed by atoms with E-state index in [1.807, 2.05) is 0 Å². The van der Waals surface area contributed by atoms with Crippen LogP contribution in [0.1, 0.15) is 19.8 Å². The summed E-state index contributed by atoms with van der Waals surface area (Å²) in [6.07, 6.45) is 2.61. The third kappa shape index (κ3) is 5.82. The van der Waals surface area contributed by atoms with Crippen molar-refractivity contribution >= 4 is 0 Å². The third-order valence-electron chi connectivity index (χ3n) is 3.78.